The standard InChI is InChI=1S/C20H27NO3/c1-4-5-11-17(21)16-12-19(22-2)20(23-3)13-18(16)24-14-15-9-7-6-8-10-15/h6-10,12-13,17H,4-5,11,14,21H2,1-3H3/t17-/m1/s1. The van der Waals surface area contributed by atoms with E-state index in [0.717, 1.165) is 36.1 Å². The Labute approximate surface area is 144 Å². The molecule has 2 aromatic carbocycles. The summed E-state index contributed by atoms with van der Waals surface area (Å²) in [4.78, 5) is 0. The Hall–Kier alpha value is -2.20. The fraction of sp³-hybridized carbons (Fsp3) is 0.400. The summed E-state index contributed by atoms with van der Waals surface area (Å²) in [5.74, 6) is 2.07. The SMILES string of the molecule is CCCC[C@@H](N)c1cc(OC)c(OC)cc1OCc1ccccc1. The maximum atomic E-state index is 6.39. The van der Waals surface area contributed by atoms with Crippen molar-refractivity contribution >= 4 is 0 Å². The number of unbranched alkanes of at least 4 members (excludes halogenated alkanes) is 1. The van der Waals surface area contributed by atoms with Crippen molar-refractivity contribution in [1.29, 1.82) is 0 Å². The Morgan fingerprint density at radius 3 is 2.25 bits per heavy atom. The van der Waals surface area contributed by atoms with Crippen LogP contribution in [0.2, 0.25) is 0 Å². The van der Waals surface area contributed by atoms with Gasteiger partial charge in [0.1, 0.15) is 12.4 Å². The predicted octanol–water partition coefficient (Wildman–Crippen LogP) is 4.47. The fourth-order valence-electron chi connectivity index (χ4n) is 2.61. The molecule has 0 aliphatic rings. The average molecular weight is 329 g/mol. The van der Waals surface area contributed by atoms with Crippen molar-refractivity contribution in [1.82, 2.24) is 0 Å². The molecule has 2 N–H and O–H groups in total. The first-order valence-corrected chi connectivity index (χ1v) is 8.37. The molecule has 0 radical (unpaired) electrons. The van der Waals surface area contributed by atoms with E-state index in [1.807, 2.05) is 42.5 Å². The highest BCUT2D eigenvalue weighted by atomic mass is 16.5. The van der Waals surface area contributed by atoms with E-state index in [4.69, 9.17) is 19.9 Å². The lowest BCUT2D eigenvalue weighted by molar-refractivity contribution is 0.294. The van der Waals surface area contributed by atoms with Crippen LogP contribution in [0.3, 0.4) is 0 Å². The zero-order chi connectivity index (χ0) is 17.4. The second-order valence-corrected chi connectivity index (χ2v) is 5.77. The first-order valence-electron chi connectivity index (χ1n) is 8.37. The van der Waals surface area contributed by atoms with Gasteiger partial charge in [0.2, 0.25) is 0 Å². The van der Waals surface area contributed by atoms with Crippen LogP contribution in [-0.4, -0.2) is 14.2 Å². The van der Waals surface area contributed by atoms with Crippen molar-refractivity contribution in [2.75, 3.05) is 14.2 Å². The van der Waals surface area contributed by atoms with Gasteiger partial charge in [0.25, 0.3) is 0 Å². The van der Waals surface area contributed by atoms with Gasteiger partial charge in [-0.2, -0.15) is 0 Å². The highest BCUT2D eigenvalue weighted by molar-refractivity contribution is 5.51. The van der Waals surface area contributed by atoms with Gasteiger partial charge in [-0.1, -0.05) is 50.1 Å². The van der Waals surface area contributed by atoms with Crippen LogP contribution in [0.25, 0.3) is 0 Å². The van der Waals surface area contributed by atoms with Gasteiger partial charge in [0, 0.05) is 17.7 Å². The maximum Gasteiger partial charge on any atom is 0.164 e. The Morgan fingerprint density at radius 1 is 0.958 bits per heavy atom. The van der Waals surface area contributed by atoms with Crippen LogP contribution in [0.5, 0.6) is 17.2 Å². The van der Waals surface area contributed by atoms with Crippen molar-refractivity contribution in [3.05, 3.63) is 53.6 Å². The summed E-state index contributed by atoms with van der Waals surface area (Å²) in [6.45, 7) is 2.65. The molecule has 0 aliphatic heterocycles. The summed E-state index contributed by atoms with van der Waals surface area (Å²) in [6, 6.07) is 13.8. The second-order valence-electron chi connectivity index (χ2n) is 5.77. The van der Waals surface area contributed by atoms with Gasteiger partial charge in [-0.05, 0) is 18.1 Å². The van der Waals surface area contributed by atoms with Crippen LogP contribution >= 0.6 is 0 Å². The van der Waals surface area contributed by atoms with E-state index in [0.29, 0.717) is 18.1 Å². The smallest absolute Gasteiger partial charge is 0.164 e. The molecule has 4 heteroatoms. The van der Waals surface area contributed by atoms with Crippen molar-refractivity contribution in [3.63, 3.8) is 0 Å². The van der Waals surface area contributed by atoms with Gasteiger partial charge in [-0.25, -0.2) is 0 Å². The van der Waals surface area contributed by atoms with Gasteiger partial charge >= 0.3 is 0 Å². The van der Waals surface area contributed by atoms with Crippen molar-refractivity contribution < 1.29 is 14.2 Å². The molecule has 0 saturated carbocycles. The van der Waals surface area contributed by atoms with Gasteiger partial charge in [-0.15, -0.1) is 0 Å². The molecule has 24 heavy (non-hydrogen) atoms. The van der Waals surface area contributed by atoms with Crippen LogP contribution < -0.4 is 19.9 Å². The molecule has 0 unspecified atom stereocenters. The van der Waals surface area contributed by atoms with Crippen LogP contribution in [0.4, 0.5) is 0 Å². The van der Waals surface area contributed by atoms with E-state index < -0.39 is 0 Å². The molecule has 0 fully saturated rings. The third-order valence-electron chi connectivity index (χ3n) is 4.02. The first-order chi connectivity index (χ1) is 11.7. The molecule has 0 amide bonds. The summed E-state index contributed by atoms with van der Waals surface area (Å²) in [5, 5.41) is 0. The van der Waals surface area contributed by atoms with Crippen LogP contribution in [-0.2, 0) is 6.61 Å². The summed E-state index contributed by atoms with van der Waals surface area (Å²) in [6.07, 6.45) is 3.10. The summed E-state index contributed by atoms with van der Waals surface area (Å²) in [5.41, 5.74) is 8.46. The van der Waals surface area contributed by atoms with E-state index in [1.165, 1.54) is 0 Å². The Bertz CT molecular complexity index is 628. The van der Waals surface area contributed by atoms with E-state index in [2.05, 4.69) is 6.92 Å². The minimum absolute atomic E-state index is 0.0875. The van der Waals surface area contributed by atoms with Crippen molar-refractivity contribution in [2.24, 2.45) is 5.73 Å². The Morgan fingerprint density at radius 2 is 1.62 bits per heavy atom. The molecule has 0 saturated heterocycles. The lowest BCUT2D eigenvalue weighted by atomic mass is 10.0. The molecule has 0 aromatic heterocycles. The molecule has 4 nitrogen and oxygen atoms in total. The molecule has 0 heterocycles. The van der Waals surface area contributed by atoms with E-state index in [-0.39, 0.29) is 6.04 Å². The minimum atomic E-state index is -0.0875. The topological polar surface area (TPSA) is 53.7 Å². The zero-order valence-corrected chi connectivity index (χ0v) is 14.7. The number of nitrogens with two attached hydrogens (primary N) is 1. The minimum Gasteiger partial charge on any atom is -0.493 e. The molecular formula is C20H27NO3. The normalized spacial score (nSPS) is 11.8. The van der Waals surface area contributed by atoms with Crippen LogP contribution in [0, 0.1) is 0 Å². The highest BCUT2D eigenvalue weighted by Gasteiger charge is 2.17. The van der Waals surface area contributed by atoms with Crippen LogP contribution in [0.15, 0.2) is 42.5 Å². The monoisotopic (exact) mass is 329 g/mol. The van der Waals surface area contributed by atoms with Gasteiger partial charge in [-0.3, -0.25) is 0 Å². The molecule has 2 rings (SSSR count). The Balaban J connectivity index is 2.27. The Kier molecular flexibility index (Phi) is 6.94. The van der Waals surface area contributed by atoms with E-state index >= 15 is 0 Å². The summed E-state index contributed by atoms with van der Waals surface area (Å²) in [7, 11) is 3.25. The van der Waals surface area contributed by atoms with Crippen LogP contribution in [0.1, 0.15) is 43.4 Å². The number of methoxy groups -OCH3 is 2. The molecule has 0 spiro atoms. The zero-order valence-electron chi connectivity index (χ0n) is 14.7. The van der Waals surface area contributed by atoms with E-state index in [9.17, 15) is 0 Å². The number of hydrogen-bond acceptors (Lipinski definition) is 4. The molecule has 2 aromatic rings. The number of hydrogen-bond donors (Lipinski definition) is 1. The van der Waals surface area contributed by atoms with Gasteiger partial charge < -0.3 is 19.9 Å². The lowest BCUT2D eigenvalue weighted by Gasteiger charge is -2.20. The van der Waals surface area contributed by atoms with Gasteiger partial charge in [0.15, 0.2) is 11.5 Å². The largest absolute Gasteiger partial charge is 0.493 e. The van der Waals surface area contributed by atoms with E-state index in [1.54, 1.807) is 14.2 Å². The number of ether oxygens (including phenoxy) is 3. The molecule has 0 aliphatic carbocycles. The molecular weight excluding hydrogens is 302 g/mol. The molecule has 1 atom stereocenters. The third-order valence-corrected chi connectivity index (χ3v) is 4.02. The maximum absolute atomic E-state index is 6.39. The average Bonchev–Trinajstić information content (AvgIpc) is 2.64. The van der Waals surface area contributed by atoms with Gasteiger partial charge in [0.05, 0.1) is 14.2 Å². The molecule has 0 bridgehead atoms. The quantitative estimate of drug-likeness (QED) is 0.737. The first kappa shape index (κ1) is 18.1. The summed E-state index contributed by atoms with van der Waals surface area (Å²) < 4.78 is 16.9. The second kappa shape index (κ2) is 9.18. The fourth-order valence-corrected chi connectivity index (χ4v) is 2.61. The van der Waals surface area contributed by atoms with Crippen molar-refractivity contribution in [2.45, 2.75) is 38.8 Å². The molecule has 130 valence electrons. The number of rotatable bonds is 9. The number of benzene rings is 2. The lowest BCUT2D eigenvalue weighted by Crippen LogP contribution is -2.13. The summed E-state index contributed by atoms with van der Waals surface area (Å²) >= 11 is 0. The highest BCUT2D eigenvalue weighted by Crippen LogP contribution is 2.38. The third kappa shape index (κ3) is 4.65. The van der Waals surface area contributed by atoms with Crippen molar-refractivity contribution in [3.8, 4) is 17.2 Å². The predicted molar refractivity (Wildman–Crippen MR) is 96.8 cm³/mol.